The van der Waals surface area contributed by atoms with Crippen molar-refractivity contribution in [2.75, 3.05) is 32.8 Å². The highest BCUT2D eigenvalue weighted by molar-refractivity contribution is 8.00. The highest BCUT2D eigenvalue weighted by Gasteiger charge is 2.53. The quantitative estimate of drug-likeness (QED) is 0.378. The van der Waals surface area contributed by atoms with Gasteiger partial charge in [0, 0.05) is 49.1 Å². The van der Waals surface area contributed by atoms with E-state index in [4.69, 9.17) is 9.73 Å². The Labute approximate surface area is 263 Å². The van der Waals surface area contributed by atoms with E-state index in [9.17, 15) is 4.79 Å². The Morgan fingerprint density at radius 3 is 2.40 bits per heavy atom. The predicted molar refractivity (Wildman–Crippen MR) is 172 cm³/mol. The number of rotatable bonds is 4. The second-order valence-corrected chi connectivity index (χ2v) is 16.4. The first-order valence-corrected chi connectivity index (χ1v) is 18.3. The lowest BCUT2D eigenvalue weighted by atomic mass is 9.74. The molecule has 6 aliphatic heterocycles. The highest BCUT2D eigenvalue weighted by Crippen LogP contribution is 2.50. The maximum Gasteiger partial charge on any atom is 0.148 e. The maximum atomic E-state index is 11.7. The Morgan fingerprint density at radius 1 is 0.930 bits per heavy atom. The number of carbonyl (C=O) groups is 1. The molecule has 0 amide bonds. The Hall–Kier alpha value is -0.630. The van der Waals surface area contributed by atoms with Gasteiger partial charge in [-0.3, -0.25) is 24.5 Å². The van der Waals surface area contributed by atoms with Crippen molar-refractivity contribution in [1.29, 1.82) is 0 Å². The Bertz CT molecular complexity index is 1040. The van der Waals surface area contributed by atoms with E-state index in [0.29, 0.717) is 46.8 Å². The molecule has 242 valence electrons. The van der Waals surface area contributed by atoms with E-state index < -0.39 is 0 Å². The summed E-state index contributed by atoms with van der Waals surface area (Å²) in [4.78, 5) is 25.4. The van der Waals surface area contributed by atoms with E-state index in [1.54, 1.807) is 12.6 Å². The fourth-order valence-corrected chi connectivity index (χ4v) is 11.3. The third-order valence-corrected chi connectivity index (χ3v) is 14.0. The molecule has 7 rings (SSSR count). The molecule has 0 aromatic carbocycles. The summed E-state index contributed by atoms with van der Waals surface area (Å²) < 4.78 is 6.58. The SMILES string of the molecule is CC(=O)C1CCC(N2CCC3(CC2)CN(C2CCC(C4=N[C@@H](C)C5NNC(C)N5C5SC(C)C(C)C45)CC2)CCO3)NN1. The molecule has 1 saturated carbocycles. The van der Waals surface area contributed by atoms with Crippen LogP contribution in [0.25, 0.3) is 0 Å². The van der Waals surface area contributed by atoms with Gasteiger partial charge in [-0.25, -0.2) is 21.7 Å². The molecule has 6 heterocycles. The number of Topliss-reactive ketones (excluding diaryl/α,β-unsaturated/α-hetero) is 1. The van der Waals surface area contributed by atoms with Crippen LogP contribution in [0, 0.1) is 17.8 Å². The van der Waals surface area contributed by atoms with Gasteiger partial charge in [-0.1, -0.05) is 13.8 Å². The van der Waals surface area contributed by atoms with E-state index in [1.165, 1.54) is 25.7 Å². The van der Waals surface area contributed by atoms with Crippen molar-refractivity contribution in [3.8, 4) is 0 Å². The summed E-state index contributed by atoms with van der Waals surface area (Å²) in [6.07, 6.45) is 10.2. The van der Waals surface area contributed by atoms with Crippen molar-refractivity contribution in [3.05, 3.63) is 0 Å². The molecule has 9 atom stereocenters. The van der Waals surface area contributed by atoms with Gasteiger partial charge in [0.15, 0.2) is 0 Å². The number of nitrogens with zero attached hydrogens (tertiary/aromatic N) is 4. The van der Waals surface area contributed by atoms with Gasteiger partial charge in [0.05, 0.1) is 48.2 Å². The van der Waals surface area contributed by atoms with Crippen LogP contribution >= 0.6 is 11.8 Å². The first-order chi connectivity index (χ1) is 20.7. The van der Waals surface area contributed by atoms with Crippen LogP contribution in [0.15, 0.2) is 4.99 Å². The largest absolute Gasteiger partial charge is 0.372 e. The Kier molecular flexibility index (Phi) is 9.03. The van der Waals surface area contributed by atoms with E-state index in [-0.39, 0.29) is 29.6 Å². The number of aliphatic imine (C=N–C) groups is 1. The molecule has 6 fully saturated rings. The zero-order valence-corrected chi connectivity index (χ0v) is 27.9. The van der Waals surface area contributed by atoms with Crippen LogP contribution in [0.3, 0.4) is 0 Å². The minimum atomic E-state index is -0.0448. The van der Waals surface area contributed by atoms with Gasteiger partial charge in [-0.15, -0.1) is 11.8 Å². The number of piperidine rings is 1. The number of thioether (sulfide) groups is 1. The van der Waals surface area contributed by atoms with Crippen LogP contribution in [0.5, 0.6) is 0 Å². The summed E-state index contributed by atoms with van der Waals surface area (Å²) in [5.74, 6) is 2.06. The Morgan fingerprint density at radius 2 is 1.70 bits per heavy atom. The molecule has 11 heteroatoms. The van der Waals surface area contributed by atoms with Crippen molar-refractivity contribution in [2.24, 2.45) is 22.7 Å². The summed E-state index contributed by atoms with van der Waals surface area (Å²) in [6.45, 7) is 16.3. The molecule has 0 bridgehead atoms. The number of hydrogen-bond acceptors (Lipinski definition) is 11. The second-order valence-electron chi connectivity index (χ2n) is 14.9. The normalized spacial score (nSPS) is 46.3. The zero-order valence-electron chi connectivity index (χ0n) is 27.1. The molecular weight excluding hydrogens is 560 g/mol. The van der Waals surface area contributed by atoms with E-state index in [0.717, 1.165) is 58.5 Å². The third-order valence-electron chi connectivity index (χ3n) is 12.3. The summed E-state index contributed by atoms with van der Waals surface area (Å²) in [6, 6.07) is 0.890. The van der Waals surface area contributed by atoms with Crippen molar-refractivity contribution < 1.29 is 9.53 Å². The predicted octanol–water partition coefficient (Wildman–Crippen LogP) is 2.52. The van der Waals surface area contributed by atoms with E-state index in [1.807, 2.05) is 0 Å². The van der Waals surface area contributed by atoms with Gasteiger partial charge in [0.25, 0.3) is 0 Å². The lowest BCUT2D eigenvalue weighted by molar-refractivity contribution is -0.150. The highest BCUT2D eigenvalue weighted by atomic mass is 32.2. The molecular formula is C32H56N8O2S. The zero-order chi connectivity index (χ0) is 29.9. The minimum Gasteiger partial charge on any atom is -0.372 e. The van der Waals surface area contributed by atoms with E-state index >= 15 is 0 Å². The molecule has 0 aromatic rings. The monoisotopic (exact) mass is 616 g/mol. The first-order valence-electron chi connectivity index (χ1n) is 17.4. The molecule has 7 aliphatic rings. The second kappa shape index (κ2) is 12.5. The van der Waals surface area contributed by atoms with Crippen molar-refractivity contribution in [2.45, 2.75) is 139 Å². The molecule has 0 radical (unpaired) electrons. The lowest BCUT2D eigenvalue weighted by Gasteiger charge is -2.51. The Balaban J connectivity index is 0.957. The lowest BCUT2D eigenvalue weighted by Crippen LogP contribution is -2.64. The van der Waals surface area contributed by atoms with Crippen LogP contribution in [0.2, 0.25) is 0 Å². The van der Waals surface area contributed by atoms with Crippen molar-refractivity contribution >= 4 is 23.3 Å². The third kappa shape index (κ3) is 5.89. The van der Waals surface area contributed by atoms with Crippen molar-refractivity contribution in [1.82, 2.24) is 36.4 Å². The molecule has 10 nitrogen and oxygen atoms in total. The van der Waals surface area contributed by atoms with Gasteiger partial charge in [0.1, 0.15) is 5.78 Å². The van der Waals surface area contributed by atoms with Crippen molar-refractivity contribution in [3.63, 3.8) is 0 Å². The summed E-state index contributed by atoms with van der Waals surface area (Å²) in [5, 5.41) is 1.17. The van der Waals surface area contributed by atoms with Gasteiger partial charge < -0.3 is 4.74 Å². The average molecular weight is 617 g/mol. The number of likely N-dealkylation sites (tertiary alicyclic amines) is 1. The molecule has 1 spiro atoms. The fraction of sp³-hybridized carbons (Fsp3) is 0.938. The summed E-state index contributed by atoms with van der Waals surface area (Å²) in [7, 11) is 0. The maximum absolute atomic E-state index is 11.7. The van der Waals surface area contributed by atoms with Gasteiger partial charge in [-0.05, 0) is 84.0 Å². The number of hydrogen-bond donors (Lipinski definition) is 4. The minimum absolute atomic E-state index is 0.000238. The molecule has 8 unspecified atom stereocenters. The number of hydrazine groups is 2. The number of ether oxygens (including phenoxy) is 1. The van der Waals surface area contributed by atoms with Crippen LogP contribution in [-0.4, -0.2) is 112 Å². The first kappa shape index (κ1) is 31.0. The number of ketones is 1. The van der Waals surface area contributed by atoms with Crippen LogP contribution in [0.4, 0.5) is 0 Å². The summed E-state index contributed by atoms with van der Waals surface area (Å²) in [5.41, 5.74) is 15.3. The molecule has 5 saturated heterocycles. The summed E-state index contributed by atoms with van der Waals surface area (Å²) >= 11 is 2.19. The van der Waals surface area contributed by atoms with Gasteiger partial charge in [0.2, 0.25) is 0 Å². The smallest absolute Gasteiger partial charge is 0.148 e. The number of carbonyl (C=O) groups excluding carboxylic acids is 1. The van der Waals surface area contributed by atoms with Crippen LogP contribution < -0.4 is 21.7 Å². The number of nitrogens with one attached hydrogen (secondary N) is 4. The standard InChI is InChI=1S/C32H56N8O2S/c1-19-22(4)43-31-28(19)29(33-20(2)30-37-34-23(5)40(30)31)24-6-8-25(9-7-24)39-16-17-42-32(18-39)12-14-38(15-13-32)27-11-10-26(21(3)41)35-36-27/h19-20,22-28,30-31,34-37H,6-18H2,1-5H3/t19?,20-,22?,23?,24?,25?,26?,27?,28?,30?,31?/m0/s1. The molecule has 43 heavy (non-hydrogen) atoms. The van der Waals surface area contributed by atoms with E-state index in [2.05, 4.69) is 75.9 Å². The average Bonchev–Trinajstić information content (AvgIpc) is 3.50. The topological polar surface area (TPSA) is 96.5 Å². The van der Waals surface area contributed by atoms with Crippen LogP contribution in [-0.2, 0) is 9.53 Å². The molecule has 4 N–H and O–H groups in total. The molecule has 0 aromatic heterocycles. The fourth-order valence-electron chi connectivity index (χ4n) is 9.48. The number of morpholine rings is 1. The van der Waals surface area contributed by atoms with Gasteiger partial charge >= 0.3 is 0 Å². The molecule has 1 aliphatic carbocycles. The van der Waals surface area contributed by atoms with Gasteiger partial charge in [-0.2, -0.15) is 0 Å². The number of fused-ring (bicyclic) bond motifs is 3. The van der Waals surface area contributed by atoms with Crippen LogP contribution in [0.1, 0.15) is 86.0 Å².